The molecule has 1 spiro atoms. The molecule has 16 nitrogen and oxygen atoms in total. The van der Waals surface area contributed by atoms with E-state index < -0.39 is 26.9 Å². The Labute approximate surface area is 344 Å². The predicted octanol–water partition coefficient (Wildman–Crippen LogP) is 3.52. The lowest BCUT2D eigenvalue weighted by atomic mass is 9.74. The van der Waals surface area contributed by atoms with Crippen LogP contribution in [0.3, 0.4) is 0 Å². The molecule has 3 amide bonds. The predicted molar refractivity (Wildman–Crippen MR) is 217 cm³/mol. The van der Waals surface area contributed by atoms with E-state index in [1.54, 1.807) is 55.1 Å². The number of amides is 3. The largest absolute Gasteiger partial charge is 0.444 e. The molecular formula is C40H53ClN6O10S. The summed E-state index contributed by atoms with van der Waals surface area (Å²) in [7, 11) is -3.43. The van der Waals surface area contributed by atoms with Crippen molar-refractivity contribution in [2.45, 2.75) is 64.1 Å². The molecule has 0 unspecified atom stereocenters. The van der Waals surface area contributed by atoms with Crippen molar-refractivity contribution in [1.82, 2.24) is 24.8 Å². The lowest BCUT2D eigenvalue weighted by molar-refractivity contribution is -0.134. The average Bonchev–Trinajstić information content (AvgIpc) is 3.62. The van der Waals surface area contributed by atoms with Gasteiger partial charge in [-0.1, -0.05) is 17.5 Å². The second kappa shape index (κ2) is 20.6. The van der Waals surface area contributed by atoms with Gasteiger partial charge in [-0.15, -0.1) is 6.42 Å². The first-order chi connectivity index (χ1) is 27.7. The Morgan fingerprint density at radius 1 is 0.983 bits per heavy atom. The van der Waals surface area contributed by atoms with Crippen molar-refractivity contribution in [3.05, 3.63) is 53.1 Å². The number of carbonyl (C=O) groups excluding carboxylic acids is 3. The third kappa shape index (κ3) is 12.1. The van der Waals surface area contributed by atoms with Gasteiger partial charge in [0, 0.05) is 30.9 Å². The van der Waals surface area contributed by atoms with E-state index >= 15 is 0 Å². The van der Waals surface area contributed by atoms with Crippen LogP contribution in [-0.4, -0.2) is 135 Å². The molecule has 1 saturated heterocycles. The number of imidazole rings is 1. The minimum atomic E-state index is -3.43. The highest BCUT2D eigenvalue weighted by Crippen LogP contribution is 2.48. The van der Waals surface area contributed by atoms with Gasteiger partial charge < -0.3 is 43.4 Å². The maximum Gasteiger partial charge on any atom is 0.408 e. The monoisotopic (exact) mass is 844 g/mol. The first-order valence-corrected chi connectivity index (χ1v) is 21.5. The summed E-state index contributed by atoms with van der Waals surface area (Å²) in [4.78, 5) is 52.2. The highest BCUT2D eigenvalue weighted by atomic mass is 35.5. The molecule has 0 aliphatic carbocycles. The number of hydrogen-bond donors (Lipinski definition) is 1. The quantitative estimate of drug-likeness (QED) is 0.122. The Morgan fingerprint density at radius 2 is 1.66 bits per heavy atom. The van der Waals surface area contributed by atoms with Gasteiger partial charge in [0.15, 0.2) is 9.84 Å². The van der Waals surface area contributed by atoms with Crippen LogP contribution in [-0.2, 0) is 61.6 Å². The van der Waals surface area contributed by atoms with E-state index in [9.17, 15) is 22.8 Å². The number of fused-ring (bicyclic) bond motifs is 3. The molecule has 0 radical (unpaired) electrons. The first-order valence-electron chi connectivity index (χ1n) is 19.3. The topological polar surface area (TPSA) is 181 Å². The molecule has 3 aromatic rings. The maximum atomic E-state index is 14.5. The van der Waals surface area contributed by atoms with Gasteiger partial charge in [-0.25, -0.2) is 18.2 Å². The summed E-state index contributed by atoms with van der Waals surface area (Å²) in [5.41, 5.74) is 1.33. The number of nitrogens with zero attached hydrogens (tertiary/aromatic N) is 5. The number of sulfone groups is 1. The van der Waals surface area contributed by atoms with Crippen LogP contribution in [0.25, 0.3) is 11.0 Å². The number of carbonyl (C=O) groups is 3. The van der Waals surface area contributed by atoms with Crippen molar-refractivity contribution >= 4 is 56.1 Å². The Bertz CT molecular complexity index is 2040. The molecule has 316 valence electrons. The van der Waals surface area contributed by atoms with Crippen molar-refractivity contribution in [3.63, 3.8) is 0 Å². The molecule has 1 aromatic carbocycles. The zero-order valence-corrected chi connectivity index (χ0v) is 34.9. The number of aryl methyl sites for hydroxylation is 1. The second-order valence-electron chi connectivity index (χ2n) is 15.0. The van der Waals surface area contributed by atoms with Gasteiger partial charge in [-0.05, 0) is 69.9 Å². The molecule has 0 atom stereocenters. The number of ether oxygens (including phenoxy) is 5. The number of benzene rings is 1. The maximum absolute atomic E-state index is 14.5. The molecule has 18 heteroatoms. The summed E-state index contributed by atoms with van der Waals surface area (Å²) in [6.07, 6.45) is 8.86. The molecule has 0 saturated carbocycles. The van der Waals surface area contributed by atoms with Crippen molar-refractivity contribution in [1.29, 1.82) is 0 Å². The number of nitrogens with one attached hydrogen (secondary N) is 1. The van der Waals surface area contributed by atoms with Gasteiger partial charge in [-0.2, -0.15) is 0 Å². The summed E-state index contributed by atoms with van der Waals surface area (Å²) in [5, 5.41) is 3.02. The normalized spacial score (nSPS) is 15.2. The van der Waals surface area contributed by atoms with Gasteiger partial charge in [0.25, 0.3) is 0 Å². The standard InChI is InChI=1S/C40H53ClN6O10S/c1-5-16-53-17-18-54-19-20-55-21-22-56-23-25-58(51,52)24-6-13-46-33-8-7-30(41)26-32(33)44-35(46)29-47-34-27-42-12-9-31(34)40(37(47)49)10-14-45(15-11-40)36(48)28-43-38(50)57-39(2,3)4/h1,7-9,12,26-27H,6,10-11,13-25,28-29H2,2-4H3,(H,43,50). The Kier molecular flexibility index (Phi) is 15.9. The summed E-state index contributed by atoms with van der Waals surface area (Å²) in [5.74, 6) is 2.38. The second-order valence-corrected chi connectivity index (χ2v) is 17.8. The molecule has 2 aliphatic heterocycles. The average molecular weight is 845 g/mol. The molecule has 5 rings (SSSR count). The number of hydrogen-bond acceptors (Lipinski definition) is 12. The van der Waals surface area contributed by atoms with E-state index in [0.29, 0.717) is 94.0 Å². The van der Waals surface area contributed by atoms with Crippen LogP contribution < -0.4 is 10.2 Å². The number of halogens is 1. The Morgan fingerprint density at radius 3 is 2.33 bits per heavy atom. The van der Waals surface area contributed by atoms with Crippen molar-refractivity contribution in [2.75, 3.05) is 88.9 Å². The van der Waals surface area contributed by atoms with Crippen LogP contribution in [0.5, 0.6) is 0 Å². The molecule has 2 aliphatic rings. The zero-order chi connectivity index (χ0) is 41.8. The van der Waals surface area contributed by atoms with Crippen LogP contribution in [0.1, 0.15) is 51.4 Å². The van der Waals surface area contributed by atoms with E-state index in [-0.39, 0.29) is 56.2 Å². The number of alkyl carbamates (subject to hydrolysis) is 1. The zero-order valence-electron chi connectivity index (χ0n) is 33.4. The SMILES string of the molecule is C#CCOCCOCCOCCOCCS(=O)(=O)CCCn1c(CN2C(=O)C3(CCN(C(=O)CNC(=O)OC(C)(C)C)CC3)c3ccncc32)nc2cc(Cl)ccc21. The number of piperidine rings is 1. The fourth-order valence-electron chi connectivity index (χ4n) is 7.03. The molecule has 0 bridgehead atoms. The van der Waals surface area contributed by atoms with Gasteiger partial charge in [0.2, 0.25) is 11.8 Å². The number of aromatic nitrogens is 3. The van der Waals surface area contributed by atoms with Crippen molar-refractivity contribution in [2.24, 2.45) is 0 Å². The molecule has 1 N–H and O–H groups in total. The smallest absolute Gasteiger partial charge is 0.408 e. The number of rotatable bonds is 21. The van der Waals surface area contributed by atoms with E-state index in [0.717, 1.165) is 11.1 Å². The highest BCUT2D eigenvalue weighted by Gasteiger charge is 2.52. The van der Waals surface area contributed by atoms with Gasteiger partial charge in [-0.3, -0.25) is 14.6 Å². The fraction of sp³-hybridized carbons (Fsp3) is 0.575. The first kappa shape index (κ1) is 44.8. The fourth-order valence-corrected chi connectivity index (χ4v) is 8.34. The number of likely N-dealkylation sites (tertiary alicyclic amines) is 1. The molecule has 1 fully saturated rings. The van der Waals surface area contributed by atoms with E-state index in [1.807, 2.05) is 16.7 Å². The van der Waals surface area contributed by atoms with Crippen LogP contribution in [0.15, 0.2) is 36.7 Å². The van der Waals surface area contributed by atoms with Crippen LogP contribution in [0.2, 0.25) is 5.02 Å². The van der Waals surface area contributed by atoms with Crippen molar-refractivity contribution in [3.8, 4) is 12.3 Å². The van der Waals surface area contributed by atoms with Gasteiger partial charge in [0.05, 0.1) is 92.6 Å². The highest BCUT2D eigenvalue weighted by molar-refractivity contribution is 7.91. The Balaban J connectivity index is 1.15. The lowest BCUT2D eigenvalue weighted by Crippen LogP contribution is -2.52. The third-order valence-corrected chi connectivity index (χ3v) is 11.7. The summed E-state index contributed by atoms with van der Waals surface area (Å²) < 4.78 is 54.6. The molecular weight excluding hydrogens is 792 g/mol. The minimum absolute atomic E-state index is 0.0492. The number of terminal acetylenes is 1. The summed E-state index contributed by atoms with van der Waals surface area (Å²) in [6, 6.07) is 7.19. The number of pyridine rings is 1. The van der Waals surface area contributed by atoms with Crippen molar-refractivity contribution < 1.29 is 46.5 Å². The lowest BCUT2D eigenvalue weighted by Gasteiger charge is -2.38. The van der Waals surface area contributed by atoms with E-state index in [1.165, 1.54) is 0 Å². The third-order valence-electron chi connectivity index (χ3n) is 9.78. The van der Waals surface area contributed by atoms with Gasteiger partial charge in [0.1, 0.15) is 24.6 Å². The van der Waals surface area contributed by atoms with Crippen LogP contribution in [0, 0.1) is 12.3 Å². The van der Waals surface area contributed by atoms with Crippen LogP contribution >= 0.6 is 11.6 Å². The van der Waals surface area contributed by atoms with Gasteiger partial charge >= 0.3 is 6.09 Å². The van der Waals surface area contributed by atoms with Crippen LogP contribution in [0.4, 0.5) is 10.5 Å². The minimum Gasteiger partial charge on any atom is -0.444 e. The Hall–Kier alpha value is -4.31. The summed E-state index contributed by atoms with van der Waals surface area (Å²) >= 11 is 6.33. The number of anilines is 1. The van der Waals surface area contributed by atoms with E-state index in [4.69, 9.17) is 46.7 Å². The summed E-state index contributed by atoms with van der Waals surface area (Å²) in [6.45, 7) is 8.59. The molecule has 58 heavy (non-hydrogen) atoms. The van der Waals surface area contributed by atoms with E-state index in [2.05, 4.69) is 16.2 Å². The molecule has 4 heterocycles. The molecule has 2 aromatic heterocycles.